The first-order valence-electron chi connectivity index (χ1n) is 9.96. The van der Waals surface area contributed by atoms with Crippen LogP contribution in [-0.2, 0) is 14.3 Å². The predicted molar refractivity (Wildman–Crippen MR) is 123 cm³/mol. The highest BCUT2D eigenvalue weighted by Gasteiger charge is 2.20. The summed E-state index contributed by atoms with van der Waals surface area (Å²) in [7, 11) is -3.83. The number of benzene rings is 4. The zero-order chi connectivity index (χ0) is 22.0. The largest absolute Gasteiger partial charge is 0.297 e. The van der Waals surface area contributed by atoms with E-state index in [0.29, 0.717) is 11.1 Å². The molecule has 0 radical (unpaired) electrons. The molecule has 0 atom stereocenters. The van der Waals surface area contributed by atoms with Crippen molar-refractivity contribution in [2.24, 2.45) is 0 Å². The molecule has 0 aromatic heterocycles. The van der Waals surface area contributed by atoms with Crippen molar-refractivity contribution in [2.75, 3.05) is 6.61 Å². The van der Waals surface area contributed by atoms with Crippen LogP contribution in [0.2, 0.25) is 0 Å². The zero-order valence-corrected chi connectivity index (χ0v) is 18.1. The Kier molecular flexibility index (Phi) is 5.60. The van der Waals surface area contributed by atoms with Crippen molar-refractivity contribution < 1.29 is 12.6 Å². The van der Waals surface area contributed by atoms with Gasteiger partial charge in [0.05, 0.1) is 18.2 Å². The molecule has 0 heterocycles. The van der Waals surface area contributed by atoms with Gasteiger partial charge in [0.2, 0.25) is 0 Å². The van der Waals surface area contributed by atoms with E-state index in [1.165, 1.54) is 0 Å². The highest BCUT2D eigenvalue weighted by molar-refractivity contribution is 7.87. The van der Waals surface area contributed by atoms with E-state index < -0.39 is 10.1 Å². The fourth-order valence-corrected chi connectivity index (χ4v) is 4.75. The van der Waals surface area contributed by atoms with Crippen LogP contribution in [0, 0.1) is 18.3 Å². The molecule has 0 aliphatic heterocycles. The van der Waals surface area contributed by atoms with E-state index in [0.717, 1.165) is 33.0 Å². The lowest BCUT2D eigenvalue weighted by molar-refractivity contribution is 0.338. The van der Waals surface area contributed by atoms with Crippen LogP contribution in [-0.4, -0.2) is 15.0 Å². The molecule has 5 heteroatoms. The van der Waals surface area contributed by atoms with Crippen molar-refractivity contribution in [3.8, 4) is 28.3 Å². The van der Waals surface area contributed by atoms with Crippen molar-refractivity contribution in [1.82, 2.24) is 0 Å². The maximum absolute atomic E-state index is 12.6. The van der Waals surface area contributed by atoms with Crippen LogP contribution in [0.3, 0.4) is 0 Å². The number of nitriles is 1. The second kappa shape index (κ2) is 8.35. The van der Waals surface area contributed by atoms with Gasteiger partial charge in [-0.05, 0) is 71.6 Å². The van der Waals surface area contributed by atoms with Gasteiger partial charge in [-0.2, -0.15) is 13.7 Å². The minimum atomic E-state index is -3.83. The van der Waals surface area contributed by atoms with Crippen molar-refractivity contribution in [3.63, 3.8) is 0 Å². The van der Waals surface area contributed by atoms with Crippen molar-refractivity contribution >= 4 is 20.9 Å². The molecule has 0 saturated heterocycles. The average molecular weight is 428 g/mol. The Morgan fingerprint density at radius 1 is 0.806 bits per heavy atom. The molecule has 4 rings (SSSR count). The highest BCUT2D eigenvalue weighted by atomic mass is 32.2. The zero-order valence-electron chi connectivity index (χ0n) is 17.3. The summed E-state index contributed by atoms with van der Waals surface area (Å²) in [6.07, 6.45) is 0. The molecule has 4 nitrogen and oxygen atoms in total. The molecule has 154 valence electrons. The molecular weight excluding hydrogens is 406 g/mol. The number of nitrogens with zero attached hydrogens (tertiary/aromatic N) is 1. The average Bonchev–Trinajstić information content (AvgIpc) is 2.78. The van der Waals surface area contributed by atoms with Crippen LogP contribution in [0.15, 0.2) is 83.8 Å². The number of fused-ring (bicyclic) bond motifs is 1. The summed E-state index contributed by atoms with van der Waals surface area (Å²) in [4.78, 5) is 0.175. The number of hydrogen-bond acceptors (Lipinski definition) is 4. The van der Waals surface area contributed by atoms with Crippen molar-refractivity contribution in [3.05, 3.63) is 90.0 Å². The fraction of sp³-hybridized carbons (Fsp3) is 0.115. The van der Waals surface area contributed by atoms with Gasteiger partial charge in [-0.1, -0.05) is 54.1 Å². The third kappa shape index (κ3) is 4.22. The summed E-state index contributed by atoms with van der Waals surface area (Å²) < 4.78 is 30.3. The van der Waals surface area contributed by atoms with Gasteiger partial charge in [0, 0.05) is 5.56 Å². The smallest absolute Gasteiger partial charge is 0.267 e. The summed E-state index contributed by atoms with van der Waals surface area (Å²) in [5.41, 5.74) is 5.15. The van der Waals surface area contributed by atoms with Gasteiger partial charge in [0.1, 0.15) is 4.90 Å². The maximum atomic E-state index is 12.6. The summed E-state index contributed by atoms with van der Waals surface area (Å²) in [5.74, 6) is 0. The molecule has 4 aromatic carbocycles. The molecule has 0 unspecified atom stereocenters. The van der Waals surface area contributed by atoms with Crippen LogP contribution in [0.25, 0.3) is 33.0 Å². The normalized spacial score (nSPS) is 11.4. The van der Waals surface area contributed by atoms with Gasteiger partial charge < -0.3 is 0 Å². The molecule has 0 N–H and O–H groups in total. The predicted octanol–water partition coefficient (Wildman–Crippen LogP) is 6.08. The van der Waals surface area contributed by atoms with E-state index in [4.69, 9.17) is 9.44 Å². The molecule has 4 aromatic rings. The van der Waals surface area contributed by atoms with Crippen molar-refractivity contribution in [2.45, 2.75) is 18.7 Å². The maximum Gasteiger partial charge on any atom is 0.297 e. The topological polar surface area (TPSA) is 67.2 Å². The molecule has 0 spiro atoms. The van der Waals surface area contributed by atoms with Gasteiger partial charge in [-0.25, -0.2) is 0 Å². The van der Waals surface area contributed by atoms with Crippen LogP contribution in [0.5, 0.6) is 0 Å². The molecule has 0 saturated carbocycles. The Balaban J connectivity index is 1.79. The van der Waals surface area contributed by atoms with Crippen LogP contribution >= 0.6 is 0 Å². The fourth-order valence-electron chi connectivity index (χ4n) is 3.64. The van der Waals surface area contributed by atoms with E-state index in [2.05, 4.69) is 12.1 Å². The first kappa shape index (κ1) is 20.8. The summed E-state index contributed by atoms with van der Waals surface area (Å²) in [6.45, 7) is 3.68. The molecule has 0 bridgehead atoms. The van der Waals surface area contributed by atoms with Gasteiger partial charge in [0.25, 0.3) is 10.1 Å². The Labute approximate surface area is 182 Å². The van der Waals surface area contributed by atoms with E-state index >= 15 is 0 Å². The van der Waals surface area contributed by atoms with Gasteiger partial charge >= 0.3 is 0 Å². The quantitative estimate of drug-likeness (QED) is 0.362. The second-order valence-corrected chi connectivity index (χ2v) is 8.91. The molecule has 0 aliphatic carbocycles. The van der Waals surface area contributed by atoms with E-state index in [-0.39, 0.29) is 11.5 Å². The van der Waals surface area contributed by atoms with E-state index in [1.807, 2.05) is 55.5 Å². The van der Waals surface area contributed by atoms with Gasteiger partial charge in [0.15, 0.2) is 0 Å². The molecule has 0 fully saturated rings. The minimum Gasteiger partial charge on any atom is -0.267 e. The summed E-state index contributed by atoms with van der Waals surface area (Å²) in [5, 5.41) is 11.0. The standard InChI is InChI=1S/C26H21NO3S/c1-3-30-31(28,29)26-13-4-18(2)14-25(26)24-12-11-22-15-21(9-10-23(22)16-24)20-7-5-19(17-27)6-8-20/h4-16H,3H2,1-2H3. The van der Waals surface area contributed by atoms with Gasteiger partial charge in [-0.15, -0.1) is 0 Å². The van der Waals surface area contributed by atoms with Crippen LogP contribution < -0.4 is 0 Å². The Morgan fingerprint density at radius 2 is 1.42 bits per heavy atom. The lowest BCUT2D eigenvalue weighted by Crippen LogP contribution is -2.07. The SMILES string of the molecule is CCOS(=O)(=O)c1ccc(C)cc1-c1ccc2cc(-c3ccc(C#N)cc3)ccc2c1. The molecule has 0 aliphatic rings. The Morgan fingerprint density at radius 3 is 2.06 bits per heavy atom. The Bertz CT molecular complexity index is 1420. The first-order valence-corrected chi connectivity index (χ1v) is 11.4. The van der Waals surface area contributed by atoms with Crippen LogP contribution in [0.1, 0.15) is 18.1 Å². The summed E-state index contributed by atoms with van der Waals surface area (Å²) >= 11 is 0. The number of aryl methyl sites for hydroxylation is 1. The highest BCUT2D eigenvalue weighted by Crippen LogP contribution is 2.33. The van der Waals surface area contributed by atoms with E-state index in [1.54, 1.807) is 31.2 Å². The molecular formula is C26H21NO3S. The summed E-state index contributed by atoms with van der Waals surface area (Å²) in [6, 6.07) is 27.0. The third-order valence-corrected chi connectivity index (χ3v) is 6.62. The van der Waals surface area contributed by atoms with Crippen molar-refractivity contribution in [1.29, 1.82) is 5.26 Å². The Hall–Kier alpha value is -3.46. The number of hydrogen-bond donors (Lipinski definition) is 0. The third-order valence-electron chi connectivity index (χ3n) is 5.18. The monoisotopic (exact) mass is 427 g/mol. The lowest BCUT2D eigenvalue weighted by atomic mass is 9.97. The lowest BCUT2D eigenvalue weighted by Gasteiger charge is -2.12. The molecule has 31 heavy (non-hydrogen) atoms. The van der Waals surface area contributed by atoms with E-state index in [9.17, 15) is 8.42 Å². The minimum absolute atomic E-state index is 0.0888. The second-order valence-electron chi connectivity index (χ2n) is 7.33. The number of rotatable bonds is 5. The van der Waals surface area contributed by atoms with Crippen LogP contribution in [0.4, 0.5) is 0 Å². The van der Waals surface area contributed by atoms with Gasteiger partial charge in [-0.3, -0.25) is 4.18 Å². The molecule has 0 amide bonds. The first-order chi connectivity index (χ1) is 14.9.